The molecule has 7 aliphatic rings. The molecule has 6 aromatic rings. The smallest absolute Gasteiger partial charge is 0.346 e. The van der Waals surface area contributed by atoms with Crippen molar-refractivity contribution in [2.75, 3.05) is 18.3 Å². The first-order valence-corrected chi connectivity index (χ1v) is 22.7. The van der Waals surface area contributed by atoms with Crippen molar-refractivity contribution < 1.29 is 85.2 Å². The Hall–Kier alpha value is -9.74. The van der Waals surface area contributed by atoms with Crippen LogP contribution in [0.2, 0.25) is 0 Å². The second kappa shape index (κ2) is 18.7. The molecule has 4 aromatic carbocycles. The molecule has 4 N–H and O–H groups in total. The summed E-state index contributed by atoms with van der Waals surface area (Å²) in [5, 5.41) is -0.0726. The van der Waals surface area contributed by atoms with Gasteiger partial charge in [-0.05, 0) is 79.3 Å². The number of nitrogen functional groups attached to an aromatic ring is 2. The van der Waals surface area contributed by atoms with E-state index in [1.165, 1.54) is 12.1 Å². The molecule has 4 aliphatic heterocycles. The van der Waals surface area contributed by atoms with E-state index in [-0.39, 0.29) is 51.5 Å². The molecule has 24 nitrogen and oxygen atoms in total. The maximum Gasteiger partial charge on any atom is 0.346 e. The number of fused-ring (bicyclic) bond motifs is 15. The molecule has 0 radical (unpaired) electrons. The highest BCUT2D eigenvalue weighted by atomic mass is 16.7. The third-order valence-corrected chi connectivity index (χ3v) is 14.2. The number of carbonyl (C=O) groups is 10. The average molecular weight is 1030 g/mol. The van der Waals surface area contributed by atoms with Crippen LogP contribution in [0.4, 0.5) is 11.4 Å². The van der Waals surface area contributed by atoms with Gasteiger partial charge in [-0.25, -0.2) is 24.0 Å². The van der Waals surface area contributed by atoms with Crippen LogP contribution in [0.1, 0.15) is 39.1 Å². The summed E-state index contributed by atoms with van der Waals surface area (Å²) in [6, 6.07) is 22.4. The molecule has 4 bridgehead atoms. The third-order valence-electron chi connectivity index (χ3n) is 14.2. The number of hydrogen-bond acceptors (Lipinski definition) is 24. The van der Waals surface area contributed by atoms with Crippen molar-refractivity contribution in [1.82, 2.24) is 0 Å². The average Bonchev–Trinajstić information content (AvgIpc) is 4.15. The maximum atomic E-state index is 12.3. The van der Waals surface area contributed by atoms with E-state index in [9.17, 15) is 67.1 Å². The van der Waals surface area contributed by atoms with Gasteiger partial charge in [-0.1, -0.05) is 30.3 Å². The molecule has 2 aromatic heterocycles. The highest BCUT2D eigenvalue weighted by Gasteiger charge is 2.73. The van der Waals surface area contributed by atoms with Gasteiger partial charge in [-0.15, -0.1) is 0 Å². The summed E-state index contributed by atoms with van der Waals surface area (Å²) >= 11 is 0. The van der Waals surface area contributed by atoms with Gasteiger partial charge in [0.1, 0.15) is 5.75 Å². The van der Waals surface area contributed by atoms with Crippen LogP contribution in [-0.2, 0) is 62.0 Å². The van der Waals surface area contributed by atoms with E-state index in [0.29, 0.717) is 41.1 Å². The number of benzene rings is 4. The van der Waals surface area contributed by atoms with Gasteiger partial charge in [0, 0.05) is 22.5 Å². The zero-order chi connectivity index (χ0) is 53.3. The van der Waals surface area contributed by atoms with Gasteiger partial charge >= 0.3 is 76.2 Å². The van der Waals surface area contributed by atoms with Crippen LogP contribution < -0.4 is 38.7 Å². The van der Waals surface area contributed by atoms with Crippen molar-refractivity contribution in [2.24, 2.45) is 59.2 Å². The number of hydrogen-bond donors (Lipinski definition) is 2. The molecular weight excluding hydrogens is 993 g/mol. The maximum absolute atomic E-state index is 12.3. The largest absolute Gasteiger partial charge is 0.457 e. The minimum absolute atomic E-state index is 0.0181. The number of furan rings is 2. The van der Waals surface area contributed by atoms with Crippen molar-refractivity contribution in [1.29, 1.82) is 0 Å². The zero-order valence-electron chi connectivity index (χ0n) is 38.1. The van der Waals surface area contributed by atoms with E-state index in [4.69, 9.17) is 30.4 Å². The number of cyclic esters (lactones) is 8. The lowest BCUT2D eigenvalue weighted by molar-refractivity contribution is -0.174. The summed E-state index contributed by atoms with van der Waals surface area (Å²) in [7, 11) is 0. The lowest BCUT2D eigenvalue weighted by Crippen LogP contribution is -2.50. The topological polar surface area (TPSA) is 373 Å². The molecule has 3 saturated carbocycles. The van der Waals surface area contributed by atoms with Crippen LogP contribution in [0.25, 0.3) is 21.5 Å². The quantitative estimate of drug-likeness (QED) is 0.0448. The van der Waals surface area contributed by atoms with Crippen LogP contribution in [0.3, 0.4) is 0 Å². The van der Waals surface area contributed by atoms with Gasteiger partial charge in [0.05, 0.1) is 74.5 Å². The summed E-state index contributed by atoms with van der Waals surface area (Å²) in [4.78, 5) is 160. The number of nitrogens with two attached hydrogens (primary N) is 2. The van der Waals surface area contributed by atoms with Crippen LogP contribution in [0.5, 0.6) is 5.75 Å². The van der Waals surface area contributed by atoms with Crippen molar-refractivity contribution in [3.8, 4) is 5.75 Å². The number of esters is 9. The monoisotopic (exact) mass is 1030 g/mol. The molecular formula is C51H34N2O22. The van der Waals surface area contributed by atoms with Gasteiger partial charge < -0.3 is 48.7 Å². The fourth-order valence-electron chi connectivity index (χ4n) is 10.9. The summed E-state index contributed by atoms with van der Waals surface area (Å²) in [5.41, 5.74) is 10.2. The first kappa shape index (κ1) is 48.9. The minimum Gasteiger partial charge on any atom is -0.457 e. The van der Waals surface area contributed by atoms with E-state index < -0.39 is 124 Å². The Labute approximate surface area is 416 Å². The Morgan fingerprint density at radius 3 is 1.19 bits per heavy atom. The molecule has 3 aliphatic carbocycles. The molecule has 7 fully saturated rings. The lowest BCUT2D eigenvalue weighted by Gasteiger charge is -2.33. The van der Waals surface area contributed by atoms with Gasteiger partial charge in [0.25, 0.3) is 0 Å². The molecule has 4 atom stereocenters. The standard InChI is InChI=1S/C21H18N2O4.C12H10O6.C10H2O6.C8H4O6/c22-17-10-16(11-18(23)12-17)21(25)27-13-26-19-8-6-15(7-9-19)20(24)14-4-2-1-3-5-14;13-9-3-1-4(10(14)17-9)8-6-2-5(7(3)8)11(15)18-12(6)16;11-7-3-1-4-6(10(14)16-8(4)12)2-5(3)9(13)15-7;9-5-1-2(6(10)13-5)4-3(1)7(11)14-8(4)12/h1-12H,13,22-23H2;3-8H,1-2H2;1-2H;1-4H. The third kappa shape index (κ3) is 8.59. The Morgan fingerprint density at radius 1 is 0.440 bits per heavy atom. The molecule has 380 valence electrons. The highest BCUT2D eigenvalue weighted by Crippen LogP contribution is 2.60. The van der Waals surface area contributed by atoms with Crippen molar-refractivity contribution in [3.63, 3.8) is 0 Å². The zero-order valence-corrected chi connectivity index (χ0v) is 38.1. The van der Waals surface area contributed by atoms with E-state index >= 15 is 0 Å². The highest BCUT2D eigenvalue weighted by molar-refractivity contribution is 6.11. The SMILES string of the molecule is Nc1cc(N)cc(C(=O)OCOc2ccc(C(=O)c3ccccc3)cc2)c1.O=C1OC(=O)C2C1C1C(=O)OC(=O)C21.O=C1OC(=O)C2CC1C1C3CC(C(=O)OC3=O)C21.O=c1oc(=O)c2cc3c(=O)oc(=O)c3cc12. The Kier molecular flexibility index (Phi) is 12.2. The number of anilines is 2. The van der Waals surface area contributed by atoms with E-state index in [0.717, 1.165) is 12.1 Å². The summed E-state index contributed by atoms with van der Waals surface area (Å²) < 4.78 is 37.2. The second-order valence-electron chi connectivity index (χ2n) is 18.2. The summed E-state index contributed by atoms with van der Waals surface area (Å²) in [6.45, 7) is -0.278. The number of ketones is 1. The van der Waals surface area contributed by atoms with Crippen LogP contribution in [0.15, 0.2) is 113 Å². The van der Waals surface area contributed by atoms with Gasteiger partial charge in [0.15, 0.2) is 5.78 Å². The predicted molar refractivity (Wildman–Crippen MR) is 244 cm³/mol. The Balaban J connectivity index is 0.000000118. The van der Waals surface area contributed by atoms with Crippen LogP contribution >= 0.6 is 0 Å². The van der Waals surface area contributed by atoms with Gasteiger partial charge in [0.2, 0.25) is 6.79 Å². The molecule has 0 amide bonds. The second-order valence-corrected chi connectivity index (χ2v) is 18.2. The normalized spacial score (nSPS) is 26.1. The Bertz CT molecular complexity index is 3380. The molecule has 4 saturated heterocycles. The molecule has 13 rings (SSSR count). The summed E-state index contributed by atoms with van der Waals surface area (Å²) in [5.74, 6) is -10.6. The van der Waals surface area contributed by atoms with Crippen LogP contribution in [0, 0.1) is 59.2 Å². The minimum atomic E-state index is -0.824. The molecule has 4 unspecified atom stereocenters. The van der Waals surface area contributed by atoms with E-state index in [2.05, 4.69) is 18.3 Å². The van der Waals surface area contributed by atoms with Crippen molar-refractivity contribution in [2.45, 2.75) is 12.8 Å². The molecule has 24 heteroatoms. The Morgan fingerprint density at radius 2 is 0.800 bits per heavy atom. The van der Waals surface area contributed by atoms with Crippen LogP contribution in [-0.4, -0.2) is 66.3 Å². The fourth-order valence-corrected chi connectivity index (χ4v) is 10.9. The van der Waals surface area contributed by atoms with Gasteiger partial charge in [-0.3, -0.25) is 43.2 Å². The molecule has 75 heavy (non-hydrogen) atoms. The van der Waals surface area contributed by atoms with E-state index in [1.54, 1.807) is 42.5 Å². The first-order valence-electron chi connectivity index (χ1n) is 22.7. The summed E-state index contributed by atoms with van der Waals surface area (Å²) in [6.07, 6.45) is 0.834. The van der Waals surface area contributed by atoms with Crippen molar-refractivity contribution in [3.05, 3.63) is 143 Å². The molecule has 0 spiro atoms. The number of carbonyl (C=O) groups excluding carboxylic acids is 10. The van der Waals surface area contributed by atoms with Gasteiger partial charge in [-0.2, -0.15) is 0 Å². The number of rotatable bonds is 6. The van der Waals surface area contributed by atoms with E-state index in [1.807, 2.05) is 18.2 Å². The first-order chi connectivity index (χ1) is 35.8. The fraction of sp³-hybridized carbons (Fsp3) is 0.255. The van der Waals surface area contributed by atoms with Crippen molar-refractivity contribution >= 4 is 92.4 Å². The molecule has 6 heterocycles. The predicted octanol–water partition coefficient (Wildman–Crippen LogP) is 1.06. The number of ether oxygens (including phenoxy) is 6. The lowest BCUT2D eigenvalue weighted by atomic mass is 9.59.